The second-order valence-corrected chi connectivity index (χ2v) is 10.6. The van der Waals surface area contributed by atoms with Crippen molar-refractivity contribution in [1.29, 1.82) is 0 Å². The molecule has 1 heterocycles. The van der Waals surface area contributed by atoms with Crippen LogP contribution in [0.2, 0.25) is 0 Å². The van der Waals surface area contributed by atoms with Crippen LogP contribution in [0, 0.1) is 5.92 Å². The van der Waals surface area contributed by atoms with Crippen molar-refractivity contribution >= 4 is 35.0 Å². The Labute approximate surface area is 252 Å². The summed E-state index contributed by atoms with van der Waals surface area (Å²) in [5, 5.41) is 17.9. The minimum atomic E-state index is -4.50. The van der Waals surface area contributed by atoms with Gasteiger partial charge in [-0.3, -0.25) is 4.79 Å². The Hall–Kier alpha value is -4.78. The molecule has 0 saturated heterocycles. The summed E-state index contributed by atoms with van der Waals surface area (Å²) >= 11 is 0. The minimum absolute atomic E-state index is 0.0210. The summed E-state index contributed by atoms with van der Waals surface area (Å²) in [6.07, 6.45) is -5.20. The Morgan fingerprint density at radius 2 is 1.66 bits per heavy atom. The normalized spacial score (nSPS) is 17.3. The Morgan fingerprint density at radius 3 is 2.30 bits per heavy atom. The third kappa shape index (κ3) is 7.78. The molecule has 1 aliphatic rings. The zero-order valence-electron chi connectivity index (χ0n) is 24.4. The number of nitrogens with one attached hydrogen (secondary N) is 3. The molecule has 4 N–H and O–H groups in total. The third-order valence-corrected chi connectivity index (χ3v) is 7.24. The quantitative estimate of drug-likeness (QED) is 0.271. The van der Waals surface area contributed by atoms with Gasteiger partial charge in [0.2, 0.25) is 0 Å². The van der Waals surface area contributed by atoms with Crippen LogP contribution in [0.15, 0.2) is 72.8 Å². The van der Waals surface area contributed by atoms with Crippen LogP contribution in [0.25, 0.3) is 0 Å². The number of likely N-dealkylation sites (N-methyl/N-ethyl adjacent to an activating group) is 1. The van der Waals surface area contributed by atoms with Gasteiger partial charge in [0, 0.05) is 30.9 Å². The van der Waals surface area contributed by atoms with Gasteiger partial charge in [-0.15, -0.1) is 0 Å². The van der Waals surface area contributed by atoms with E-state index in [0.29, 0.717) is 5.69 Å². The van der Waals surface area contributed by atoms with Crippen LogP contribution in [-0.4, -0.2) is 71.8 Å². The van der Waals surface area contributed by atoms with E-state index >= 15 is 0 Å². The first kappa shape index (κ1) is 32.1. The van der Waals surface area contributed by atoms with Gasteiger partial charge in [0.25, 0.3) is 5.91 Å². The molecular weight excluding hydrogens is 579 g/mol. The van der Waals surface area contributed by atoms with Crippen molar-refractivity contribution in [2.75, 3.05) is 42.7 Å². The van der Waals surface area contributed by atoms with E-state index in [9.17, 15) is 32.7 Å². The van der Waals surface area contributed by atoms with Crippen LogP contribution in [-0.2, 0) is 6.18 Å². The molecule has 0 bridgehead atoms. The molecule has 4 rings (SSSR count). The number of anilines is 3. The van der Waals surface area contributed by atoms with E-state index in [1.165, 1.54) is 16.8 Å². The molecule has 0 fully saturated rings. The number of benzene rings is 3. The summed E-state index contributed by atoms with van der Waals surface area (Å²) in [4.78, 5) is 42.4. The van der Waals surface area contributed by atoms with Gasteiger partial charge in [0.1, 0.15) is 6.10 Å². The summed E-state index contributed by atoms with van der Waals surface area (Å²) in [5.41, 5.74) is 0.276. The molecule has 0 radical (unpaired) electrons. The number of carbonyl (C=O) groups excluding carboxylic acids is 3. The van der Waals surface area contributed by atoms with E-state index < -0.39 is 41.9 Å². The number of hydrogen-bond donors (Lipinski definition) is 4. The number of halogens is 3. The van der Waals surface area contributed by atoms with Crippen molar-refractivity contribution in [2.45, 2.75) is 32.2 Å². The molecule has 10 nitrogen and oxygen atoms in total. The van der Waals surface area contributed by atoms with Gasteiger partial charge in [-0.05, 0) is 55.5 Å². The number of alkyl halides is 3. The first-order chi connectivity index (χ1) is 20.9. The lowest BCUT2D eigenvalue weighted by Crippen LogP contribution is -2.50. The van der Waals surface area contributed by atoms with Crippen molar-refractivity contribution in [3.63, 3.8) is 0 Å². The Balaban J connectivity index is 1.58. The highest BCUT2D eigenvalue weighted by Crippen LogP contribution is 2.35. The number of urea groups is 2. The van der Waals surface area contributed by atoms with Crippen LogP contribution in [0.5, 0.6) is 5.75 Å². The molecule has 0 aromatic heterocycles. The van der Waals surface area contributed by atoms with Crippen LogP contribution < -0.4 is 20.7 Å². The lowest BCUT2D eigenvalue weighted by atomic mass is 9.99. The largest absolute Gasteiger partial charge is 0.485 e. The fourth-order valence-electron chi connectivity index (χ4n) is 4.68. The Bertz CT molecular complexity index is 1470. The van der Waals surface area contributed by atoms with Gasteiger partial charge >= 0.3 is 18.2 Å². The molecule has 0 saturated carbocycles. The molecular formula is C31H34F3N5O5. The second kappa shape index (κ2) is 13.7. The fourth-order valence-corrected chi connectivity index (χ4v) is 4.68. The number of amides is 5. The van der Waals surface area contributed by atoms with Gasteiger partial charge in [-0.1, -0.05) is 31.2 Å². The summed E-state index contributed by atoms with van der Waals surface area (Å²) in [6.45, 7) is 3.48. The average Bonchev–Trinajstić information content (AvgIpc) is 2.99. The van der Waals surface area contributed by atoms with Gasteiger partial charge in [-0.25, -0.2) is 9.59 Å². The van der Waals surface area contributed by atoms with Crippen molar-refractivity contribution in [2.24, 2.45) is 5.92 Å². The number of fused-ring (bicyclic) bond motifs is 1. The molecule has 1 aliphatic heterocycles. The molecule has 234 valence electrons. The van der Waals surface area contributed by atoms with Crippen LogP contribution >= 0.6 is 0 Å². The SMILES string of the molecule is C[C@@H]1CN([C@@H](C)CO)C(=O)c2cccc(NC(=O)Nc3ccccc3)c2O[C@H]1CN(C)C(=O)Nc1ccc(C(F)(F)F)cc1. The highest BCUT2D eigenvalue weighted by atomic mass is 19.4. The number of ether oxygens (including phenoxy) is 1. The predicted molar refractivity (Wildman–Crippen MR) is 160 cm³/mol. The van der Waals surface area contributed by atoms with Gasteiger partial charge in [-0.2, -0.15) is 13.2 Å². The van der Waals surface area contributed by atoms with Crippen molar-refractivity contribution in [1.82, 2.24) is 9.80 Å². The van der Waals surface area contributed by atoms with E-state index in [1.807, 2.05) is 13.0 Å². The number of nitrogens with zero attached hydrogens (tertiary/aromatic N) is 2. The van der Waals surface area contributed by atoms with Crippen LogP contribution in [0.3, 0.4) is 0 Å². The smallest absolute Gasteiger partial charge is 0.416 e. The number of aliphatic hydroxyl groups is 1. The monoisotopic (exact) mass is 613 g/mol. The fraction of sp³-hybridized carbons (Fsp3) is 0.323. The second-order valence-electron chi connectivity index (χ2n) is 10.6. The van der Waals surface area contributed by atoms with Gasteiger partial charge in [0.05, 0.1) is 36.0 Å². The molecule has 0 spiro atoms. The maximum absolute atomic E-state index is 13.7. The lowest BCUT2D eigenvalue weighted by Gasteiger charge is -2.38. The van der Waals surface area contributed by atoms with Crippen LogP contribution in [0.1, 0.15) is 29.8 Å². The highest BCUT2D eigenvalue weighted by molar-refractivity contribution is 6.04. The summed E-state index contributed by atoms with van der Waals surface area (Å²) in [5.74, 6) is -0.648. The predicted octanol–water partition coefficient (Wildman–Crippen LogP) is 5.73. The molecule has 0 unspecified atom stereocenters. The Morgan fingerprint density at radius 1 is 1.00 bits per heavy atom. The first-order valence-corrected chi connectivity index (χ1v) is 13.9. The van der Waals surface area contributed by atoms with Crippen molar-refractivity contribution < 1.29 is 37.4 Å². The number of para-hydroxylation sites is 2. The third-order valence-electron chi connectivity index (χ3n) is 7.24. The molecule has 3 atom stereocenters. The summed E-state index contributed by atoms with van der Waals surface area (Å²) in [7, 11) is 1.51. The van der Waals surface area contributed by atoms with E-state index in [-0.39, 0.29) is 48.3 Å². The number of hydrogen-bond acceptors (Lipinski definition) is 5. The standard InChI is InChI=1S/C31H34F3N5O5/c1-19-16-39(20(2)18-40)28(41)24-10-7-11-25(37-29(42)35-22-8-5-4-6-9-22)27(24)44-26(19)17-38(3)30(43)36-23-14-12-21(13-15-23)31(32,33)34/h4-15,19-20,26,40H,16-18H2,1-3H3,(H,36,43)(H2,35,37,42)/t19-,20+,26+/m1/s1. The maximum Gasteiger partial charge on any atom is 0.416 e. The topological polar surface area (TPSA) is 123 Å². The van der Waals surface area contributed by atoms with E-state index in [0.717, 1.165) is 24.3 Å². The average molecular weight is 614 g/mol. The van der Waals surface area contributed by atoms with Gasteiger partial charge < -0.3 is 35.6 Å². The van der Waals surface area contributed by atoms with Crippen LogP contribution in [0.4, 0.5) is 39.8 Å². The molecule has 13 heteroatoms. The van der Waals surface area contributed by atoms with Crippen molar-refractivity contribution in [3.05, 3.63) is 83.9 Å². The van der Waals surface area contributed by atoms with Gasteiger partial charge in [0.15, 0.2) is 5.75 Å². The molecule has 5 amide bonds. The lowest BCUT2D eigenvalue weighted by molar-refractivity contribution is -0.137. The highest BCUT2D eigenvalue weighted by Gasteiger charge is 2.35. The minimum Gasteiger partial charge on any atom is -0.485 e. The van der Waals surface area contributed by atoms with E-state index in [2.05, 4.69) is 16.0 Å². The molecule has 44 heavy (non-hydrogen) atoms. The Kier molecular flexibility index (Phi) is 9.99. The molecule has 0 aliphatic carbocycles. The maximum atomic E-state index is 13.7. The van der Waals surface area contributed by atoms with E-state index in [1.54, 1.807) is 49.4 Å². The van der Waals surface area contributed by atoms with Crippen molar-refractivity contribution in [3.8, 4) is 5.75 Å². The zero-order valence-corrected chi connectivity index (χ0v) is 24.4. The zero-order chi connectivity index (χ0) is 32.0. The molecule has 3 aromatic rings. The first-order valence-electron chi connectivity index (χ1n) is 13.9. The number of rotatable bonds is 7. The summed E-state index contributed by atoms with van der Waals surface area (Å²) < 4.78 is 45.2. The molecule has 3 aromatic carbocycles. The van der Waals surface area contributed by atoms with E-state index in [4.69, 9.17) is 4.74 Å². The summed E-state index contributed by atoms with van der Waals surface area (Å²) in [6, 6.07) is 15.9. The number of carbonyl (C=O) groups is 3. The number of aliphatic hydroxyl groups excluding tert-OH is 1.